The lowest BCUT2D eigenvalue weighted by Gasteiger charge is -2.60. The van der Waals surface area contributed by atoms with E-state index in [4.69, 9.17) is 47.4 Å². The molecule has 0 aromatic carbocycles. The standard InChI is InChI=1S/C49H76O20/c1-21(19-61-44-40(58)39(57)37(55)32(18-50)66-44)11-14-49(60-8)22(2)35-31(69-49)17-30-28-10-9-26-15-27(53)16-34(48(26,7)29(28)12-13-47(30,35)6)67-46-43(68-45-41(59)38(56)36(54)23(3)63-45)42(65-25(5)52)33(20-62-46)64-24(4)51/h9,22-23,27-46,50,53-59H,1,10-20H2,2-8H3/t22-,23-,27+,28+,29-,30-,31-,32+,33-,34+,35-,36-,37+,38+,39-,40+,41+,42-,43+,44+,45-,46-,47-,48-,49+/m0/s1. The van der Waals surface area contributed by atoms with Gasteiger partial charge in [-0.1, -0.05) is 44.6 Å². The van der Waals surface area contributed by atoms with E-state index in [-0.39, 0.29) is 60.7 Å². The van der Waals surface area contributed by atoms with E-state index in [2.05, 4.69) is 33.4 Å². The number of hydrogen-bond acceptors (Lipinski definition) is 20. The van der Waals surface area contributed by atoms with Gasteiger partial charge in [-0.3, -0.25) is 9.59 Å². The van der Waals surface area contributed by atoms with Gasteiger partial charge in [-0.25, -0.2) is 0 Å². The monoisotopic (exact) mass is 984 g/mol. The molecule has 7 fully saturated rings. The van der Waals surface area contributed by atoms with Gasteiger partial charge in [0.25, 0.3) is 0 Å². The lowest BCUT2D eigenvalue weighted by atomic mass is 9.46. The highest BCUT2D eigenvalue weighted by molar-refractivity contribution is 5.67. The number of fused-ring (bicyclic) bond motifs is 7. The number of rotatable bonds is 14. The number of aliphatic hydroxyl groups excluding tert-OH is 8. The first-order chi connectivity index (χ1) is 32.6. The predicted molar refractivity (Wildman–Crippen MR) is 237 cm³/mol. The zero-order valence-electron chi connectivity index (χ0n) is 40.7. The number of esters is 2. The van der Waals surface area contributed by atoms with Crippen molar-refractivity contribution in [2.45, 2.75) is 203 Å². The van der Waals surface area contributed by atoms with Crippen LogP contribution in [0.4, 0.5) is 0 Å². The lowest BCUT2D eigenvalue weighted by Crippen LogP contribution is -2.64. The Bertz CT molecular complexity index is 1880. The maximum Gasteiger partial charge on any atom is 0.303 e. The van der Waals surface area contributed by atoms with E-state index in [0.29, 0.717) is 24.8 Å². The molecule has 4 aliphatic heterocycles. The smallest absolute Gasteiger partial charge is 0.303 e. The van der Waals surface area contributed by atoms with E-state index < -0.39 is 128 Å². The largest absolute Gasteiger partial charge is 0.456 e. The second kappa shape index (κ2) is 20.6. The Morgan fingerprint density at radius 2 is 1.54 bits per heavy atom. The Morgan fingerprint density at radius 3 is 2.22 bits per heavy atom. The number of methoxy groups -OCH3 is 1. The van der Waals surface area contributed by atoms with Gasteiger partial charge >= 0.3 is 11.9 Å². The molecule has 0 aromatic rings. The first-order valence-electron chi connectivity index (χ1n) is 24.7. The van der Waals surface area contributed by atoms with Crippen LogP contribution in [0.3, 0.4) is 0 Å². The highest BCUT2D eigenvalue weighted by Crippen LogP contribution is 2.70. The molecule has 0 bridgehead atoms. The van der Waals surface area contributed by atoms with Gasteiger partial charge in [0, 0.05) is 45.1 Å². The third kappa shape index (κ3) is 9.62. The molecule has 25 atom stereocenters. The summed E-state index contributed by atoms with van der Waals surface area (Å²) in [6.07, 6.45) is -13.4. The fourth-order valence-corrected chi connectivity index (χ4v) is 14.1. The van der Waals surface area contributed by atoms with Crippen molar-refractivity contribution in [1.82, 2.24) is 0 Å². The van der Waals surface area contributed by atoms with Crippen LogP contribution in [0.2, 0.25) is 0 Å². The van der Waals surface area contributed by atoms with Crippen LogP contribution in [0.15, 0.2) is 23.8 Å². The first kappa shape index (κ1) is 53.1. The van der Waals surface area contributed by atoms with Crippen molar-refractivity contribution in [3.63, 3.8) is 0 Å². The zero-order chi connectivity index (χ0) is 50.1. The third-order valence-corrected chi connectivity index (χ3v) is 17.7. The second-order valence-electron chi connectivity index (χ2n) is 21.6. The van der Waals surface area contributed by atoms with Gasteiger partial charge in [-0.15, -0.1) is 0 Å². The minimum absolute atomic E-state index is 0.00278. The van der Waals surface area contributed by atoms with Crippen LogP contribution in [0.1, 0.15) is 92.9 Å². The number of aliphatic hydroxyl groups is 8. The molecule has 4 saturated heterocycles. The molecule has 4 heterocycles. The molecule has 4 aliphatic carbocycles. The van der Waals surface area contributed by atoms with Gasteiger partial charge in [0.1, 0.15) is 42.7 Å². The fraction of sp³-hybridized carbons (Fsp3) is 0.878. The Kier molecular flexibility index (Phi) is 15.8. The molecule has 0 aromatic heterocycles. The summed E-state index contributed by atoms with van der Waals surface area (Å²) in [6.45, 7) is 14.1. The van der Waals surface area contributed by atoms with E-state index in [9.17, 15) is 50.4 Å². The first-order valence-corrected chi connectivity index (χ1v) is 24.7. The van der Waals surface area contributed by atoms with Gasteiger partial charge in [0.2, 0.25) is 0 Å². The minimum atomic E-state index is -1.72. The molecule has 8 aliphatic rings. The summed E-state index contributed by atoms with van der Waals surface area (Å²) in [4.78, 5) is 24.9. The van der Waals surface area contributed by atoms with Crippen molar-refractivity contribution in [3.8, 4) is 0 Å². The normalized spacial score (nSPS) is 50.5. The maximum atomic E-state index is 12.6. The summed E-state index contributed by atoms with van der Waals surface area (Å²) >= 11 is 0. The average Bonchev–Trinajstić information content (AvgIpc) is 3.76. The van der Waals surface area contributed by atoms with Crippen molar-refractivity contribution in [3.05, 3.63) is 23.8 Å². The molecule has 0 unspecified atom stereocenters. The van der Waals surface area contributed by atoms with E-state index in [1.54, 1.807) is 7.11 Å². The number of hydrogen-bond donors (Lipinski definition) is 8. The second-order valence-corrected chi connectivity index (χ2v) is 21.6. The molecule has 8 N–H and O–H groups in total. The number of carbonyl (C=O) groups excluding carboxylic acids is 2. The van der Waals surface area contributed by atoms with Crippen molar-refractivity contribution in [1.29, 1.82) is 0 Å². The van der Waals surface area contributed by atoms with Gasteiger partial charge in [0.15, 0.2) is 43.0 Å². The summed E-state index contributed by atoms with van der Waals surface area (Å²) in [6, 6.07) is 0. The third-order valence-electron chi connectivity index (χ3n) is 17.7. The van der Waals surface area contributed by atoms with Crippen LogP contribution in [0.5, 0.6) is 0 Å². The van der Waals surface area contributed by atoms with Crippen LogP contribution < -0.4 is 0 Å². The quantitative estimate of drug-likeness (QED) is 0.0869. The van der Waals surface area contributed by atoms with E-state index in [1.807, 2.05) is 0 Å². The van der Waals surface area contributed by atoms with Crippen molar-refractivity contribution < 1.29 is 97.8 Å². The molecule has 8 rings (SSSR count). The molecule has 69 heavy (non-hydrogen) atoms. The van der Waals surface area contributed by atoms with Crippen LogP contribution in [-0.2, 0) is 57.0 Å². The summed E-state index contributed by atoms with van der Waals surface area (Å²) in [5.74, 6) is -1.45. The summed E-state index contributed by atoms with van der Waals surface area (Å²) in [5, 5.41) is 84.0. The van der Waals surface area contributed by atoms with Crippen LogP contribution in [-0.4, -0.2) is 190 Å². The predicted octanol–water partition coefficient (Wildman–Crippen LogP) is 0.494. The lowest BCUT2D eigenvalue weighted by molar-refractivity contribution is -0.363. The van der Waals surface area contributed by atoms with Gasteiger partial charge in [0.05, 0.1) is 44.2 Å². The van der Waals surface area contributed by atoms with Crippen LogP contribution >= 0.6 is 0 Å². The number of ether oxygens (including phenoxy) is 10. The highest BCUT2D eigenvalue weighted by atomic mass is 16.8. The number of allylic oxidation sites excluding steroid dienone is 1. The summed E-state index contributed by atoms with van der Waals surface area (Å²) < 4.78 is 61.4. The Morgan fingerprint density at radius 1 is 0.841 bits per heavy atom. The Labute approximate surface area is 403 Å². The molecular formula is C49H76O20. The molecule has 0 radical (unpaired) electrons. The molecular weight excluding hydrogens is 909 g/mol. The van der Waals surface area contributed by atoms with E-state index in [1.165, 1.54) is 20.8 Å². The SMILES string of the molecule is C=C(CC[C@@]1(OC)O[C@H]2C[C@H]3[C@@H]4CC=C5C[C@@H](O)C[C@@H](O[C@@H]6OC[C@H](OC(C)=O)[C@H](OC(C)=O)[C@H]6O[C@@H]6O[C@@H](C)[C@H](O)[C@@H](O)[C@H]6O)[C@]5(C)[C@H]4CC[C@]3(C)[C@H]2[C@@H]1C)CO[C@@H]1O[C@H](CO)[C@@H](O)[C@H](O)[C@H]1O. The molecule has 0 spiro atoms. The van der Waals surface area contributed by atoms with E-state index in [0.717, 1.165) is 31.3 Å². The molecule has 20 nitrogen and oxygen atoms in total. The molecule has 392 valence electrons. The van der Waals surface area contributed by atoms with E-state index >= 15 is 0 Å². The van der Waals surface area contributed by atoms with Gasteiger partial charge in [-0.05, 0) is 74.5 Å². The molecule has 20 heteroatoms. The summed E-state index contributed by atoms with van der Waals surface area (Å²) in [5.41, 5.74) is 1.08. The van der Waals surface area contributed by atoms with Crippen LogP contribution in [0.25, 0.3) is 0 Å². The topological polar surface area (TPSA) is 288 Å². The van der Waals surface area contributed by atoms with Crippen molar-refractivity contribution in [2.24, 2.45) is 40.4 Å². The van der Waals surface area contributed by atoms with Crippen LogP contribution in [0, 0.1) is 40.4 Å². The number of carbonyl (C=O) groups is 2. The molecule has 0 amide bonds. The highest BCUT2D eigenvalue weighted by Gasteiger charge is 2.69. The zero-order valence-corrected chi connectivity index (χ0v) is 40.7. The van der Waals surface area contributed by atoms with Gasteiger partial charge < -0.3 is 88.2 Å². The minimum Gasteiger partial charge on any atom is -0.456 e. The Balaban J connectivity index is 0.985. The maximum absolute atomic E-state index is 12.6. The van der Waals surface area contributed by atoms with Gasteiger partial charge in [-0.2, -0.15) is 0 Å². The average molecular weight is 985 g/mol. The van der Waals surface area contributed by atoms with Crippen molar-refractivity contribution in [2.75, 3.05) is 26.9 Å². The molecule has 3 saturated carbocycles. The van der Waals surface area contributed by atoms with Crippen molar-refractivity contribution >= 4 is 11.9 Å². The summed E-state index contributed by atoms with van der Waals surface area (Å²) in [7, 11) is 1.67. The fourth-order valence-electron chi connectivity index (χ4n) is 14.1. The Hall–Kier alpha value is -2.22.